The first-order chi connectivity index (χ1) is 12.7. The SMILES string of the molecule is CCC(C)C(=O)O[C@@H](CC=C(C)C)C1=CC(=O)c2c(O)ccc(O)c2C1=O. The van der Waals surface area contributed by atoms with Gasteiger partial charge < -0.3 is 14.9 Å². The lowest BCUT2D eigenvalue weighted by atomic mass is 9.85. The summed E-state index contributed by atoms with van der Waals surface area (Å²) < 4.78 is 5.53. The van der Waals surface area contributed by atoms with Crippen LogP contribution >= 0.6 is 0 Å². The molecule has 0 bridgehead atoms. The molecule has 1 aliphatic rings. The molecule has 2 rings (SSSR count). The Bertz CT molecular complexity index is 842. The monoisotopic (exact) mass is 372 g/mol. The highest BCUT2D eigenvalue weighted by Crippen LogP contribution is 2.36. The molecule has 2 N–H and O–H groups in total. The molecule has 0 amide bonds. The second-order valence-electron chi connectivity index (χ2n) is 6.90. The van der Waals surface area contributed by atoms with E-state index in [1.807, 2.05) is 26.8 Å². The Labute approximate surface area is 158 Å². The zero-order chi connectivity index (χ0) is 20.3. The van der Waals surface area contributed by atoms with E-state index < -0.39 is 29.4 Å². The Kier molecular flexibility index (Phi) is 6.20. The van der Waals surface area contributed by atoms with Gasteiger partial charge >= 0.3 is 5.97 Å². The van der Waals surface area contributed by atoms with Gasteiger partial charge in [-0.2, -0.15) is 0 Å². The maximum atomic E-state index is 12.9. The number of phenolic OH excluding ortho intramolecular Hbond substituents is 2. The van der Waals surface area contributed by atoms with Crippen molar-refractivity contribution in [3.05, 3.63) is 46.6 Å². The minimum atomic E-state index is -0.951. The standard InChI is InChI=1S/C21H24O6/c1-5-12(4)21(26)27-17(9-6-11(2)3)13-10-16(24)18-14(22)7-8-15(23)19(18)20(13)25/h6-8,10,12,17,22-23H,5,9H2,1-4H3/t12?,17-/m0/s1. The van der Waals surface area contributed by atoms with Crippen molar-refractivity contribution in [2.24, 2.45) is 5.92 Å². The number of ketones is 2. The first kappa shape index (κ1) is 20.4. The van der Waals surface area contributed by atoms with Crippen molar-refractivity contribution in [3.63, 3.8) is 0 Å². The Balaban J connectivity index is 2.48. The molecule has 0 heterocycles. The number of aromatic hydroxyl groups is 2. The molecule has 1 aromatic carbocycles. The van der Waals surface area contributed by atoms with Gasteiger partial charge in [-0.1, -0.05) is 25.5 Å². The van der Waals surface area contributed by atoms with E-state index in [1.165, 1.54) is 0 Å². The average Bonchev–Trinajstić information content (AvgIpc) is 2.62. The largest absolute Gasteiger partial charge is 0.507 e. The predicted molar refractivity (Wildman–Crippen MR) is 99.9 cm³/mol. The number of ether oxygens (including phenoxy) is 1. The molecule has 0 fully saturated rings. The van der Waals surface area contributed by atoms with Crippen molar-refractivity contribution in [1.82, 2.24) is 0 Å². The summed E-state index contributed by atoms with van der Waals surface area (Å²) in [5, 5.41) is 20.0. The van der Waals surface area contributed by atoms with Crippen LogP contribution < -0.4 is 0 Å². The number of fused-ring (bicyclic) bond motifs is 1. The number of Topliss-reactive ketones (excluding diaryl/α,β-unsaturated/α-hetero) is 1. The van der Waals surface area contributed by atoms with E-state index in [-0.39, 0.29) is 34.8 Å². The molecule has 1 unspecified atom stereocenters. The Morgan fingerprint density at radius 3 is 2.30 bits per heavy atom. The van der Waals surface area contributed by atoms with Crippen LogP contribution in [0.25, 0.3) is 0 Å². The van der Waals surface area contributed by atoms with Crippen LogP contribution in [0, 0.1) is 5.92 Å². The Morgan fingerprint density at radius 2 is 1.74 bits per heavy atom. The normalized spacial score (nSPS) is 15.5. The molecule has 144 valence electrons. The van der Waals surface area contributed by atoms with Crippen molar-refractivity contribution >= 4 is 17.5 Å². The predicted octanol–water partition coefficient (Wildman–Crippen LogP) is 3.72. The molecule has 0 saturated carbocycles. The van der Waals surface area contributed by atoms with Crippen molar-refractivity contribution in [3.8, 4) is 11.5 Å². The third-order valence-corrected chi connectivity index (χ3v) is 4.54. The van der Waals surface area contributed by atoms with E-state index in [0.29, 0.717) is 6.42 Å². The highest BCUT2D eigenvalue weighted by atomic mass is 16.5. The highest BCUT2D eigenvalue weighted by Gasteiger charge is 2.36. The lowest BCUT2D eigenvalue weighted by Crippen LogP contribution is -2.30. The fraction of sp³-hybridized carbons (Fsp3) is 0.381. The summed E-state index contributed by atoms with van der Waals surface area (Å²) in [6.45, 7) is 7.31. The molecular weight excluding hydrogens is 348 g/mol. The van der Waals surface area contributed by atoms with Crippen molar-refractivity contribution in [2.45, 2.75) is 46.6 Å². The molecule has 0 saturated heterocycles. The fourth-order valence-electron chi connectivity index (χ4n) is 2.73. The molecule has 0 radical (unpaired) electrons. The number of esters is 1. The van der Waals surface area contributed by atoms with Gasteiger partial charge in [-0.05, 0) is 38.5 Å². The van der Waals surface area contributed by atoms with Gasteiger partial charge in [0.1, 0.15) is 17.6 Å². The maximum Gasteiger partial charge on any atom is 0.309 e. The summed E-state index contributed by atoms with van der Waals surface area (Å²) in [5.41, 5.74) is 0.454. The molecule has 0 spiro atoms. The summed E-state index contributed by atoms with van der Waals surface area (Å²) in [6.07, 6.45) is 2.75. The van der Waals surface area contributed by atoms with Gasteiger partial charge in [-0.15, -0.1) is 0 Å². The van der Waals surface area contributed by atoms with E-state index in [9.17, 15) is 24.6 Å². The molecule has 27 heavy (non-hydrogen) atoms. The lowest BCUT2D eigenvalue weighted by molar-refractivity contribution is -0.151. The van der Waals surface area contributed by atoms with E-state index >= 15 is 0 Å². The van der Waals surface area contributed by atoms with Crippen LogP contribution in [0.1, 0.15) is 61.3 Å². The number of carbonyl (C=O) groups excluding carboxylic acids is 3. The average molecular weight is 372 g/mol. The van der Waals surface area contributed by atoms with Gasteiger partial charge in [0.25, 0.3) is 0 Å². The minimum absolute atomic E-state index is 0.0115. The molecule has 0 aliphatic heterocycles. The van der Waals surface area contributed by atoms with Gasteiger partial charge in [0, 0.05) is 12.0 Å². The molecule has 0 aromatic heterocycles. The number of hydrogen-bond acceptors (Lipinski definition) is 6. The maximum absolute atomic E-state index is 12.9. The van der Waals surface area contributed by atoms with Crippen LogP contribution in [0.15, 0.2) is 35.4 Å². The molecule has 2 atom stereocenters. The van der Waals surface area contributed by atoms with Gasteiger partial charge in [-0.25, -0.2) is 0 Å². The van der Waals surface area contributed by atoms with E-state index in [1.54, 1.807) is 6.92 Å². The lowest BCUT2D eigenvalue weighted by Gasteiger charge is -2.24. The Hall–Kier alpha value is -2.89. The van der Waals surface area contributed by atoms with Crippen LogP contribution in [0.4, 0.5) is 0 Å². The van der Waals surface area contributed by atoms with Crippen LogP contribution in [-0.4, -0.2) is 33.9 Å². The number of carbonyl (C=O) groups is 3. The van der Waals surface area contributed by atoms with Gasteiger partial charge in [0.2, 0.25) is 0 Å². The first-order valence-electron chi connectivity index (χ1n) is 8.86. The first-order valence-corrected chi connectivity index (χ1v) is 8.86. The summed E-state index contributed by atoms with van der Waals surface area (Å²) >= 11 is 0. The number of hydrogen-bond donors (Lipinski definition) is 2. The number of allylic oxidation sites excluding steroid dienone is 2. The number of rotatable bonds is 6. The van der Waals surface area contributed by atoms with Gasteiger partial charge in [0.15, 0.2) is 11.6 Å². The van der Waals surface area contributed by atoms with Crippen molar-refractivity contribution < 1.29 is 29.3 Å². The smallest absolute Gasteiger partial charge is 0.309 e. The van der Waals surface area contributed by atoms with E-state index in [2.05, 4.69) is 0 Å². The molecule has 6 nitrogen and oxygen atoms in total. The molecule has 6 heteroatoms. The summed E-state index contributed by atoms with van der Waals surface area (Å²) in [5.74, 6) is -2.84. The van der Waals surface area contributed by atoms with E-state index in [0.717, 1.165) is 23.8 Å². The quantitative estimate of drug-likeness (QED) is 0.448. The van der Waals surface area contributed by atoms with Crippen molar-refractivity contribution in [1.29, 1.82) is 0 Å². The third-order valence-electron chi connectivity index (χ3n) is 4.54. The summed E-state index contributed by atoms with van der Waals surface area (Å²) in [4.78, 5) is 37.7. The number of benzene rings is 1. The molecular formula is C21H24O6. The van der Waals surface area contributed by atoms with Crippen LogP contribution in [0.3, 0.4) is 0 Å². The zero-order valence-corrected chi connectivity index (χ0v) is 15.9. The van der Waals surface area contributed by atoms with Crippen LogP contribution in [0.2, 0.25) is 0 Å². The van der Waals surface area contributed by atoms with E-state index in [4.69, 9.17) is 4.74 Å². The Morgan fingerprint density at radius 1 is 1.15 bits per heavy atom. The van der Waals surface area contributed by atoms with Gasteiger partial charge in [0.05, 0.1) is 17.0 Å². The van der Waals surface area contributed by atoms with Crippen molar-refractivity contribution in [2.75, 3.05) is 0 Å². The van der Waals surface area contributed by atoms with Crippen LogP contribution in [0.5, 0.6) is 11.5 Å². The second-order valence-corrected chi connectivity index (χ2v) is 6.90. The second kappa shape index (κ2) is 8.20. The molecule has 1 aliphatic carbocycles. The van der Waals surface area contributed by atoms with Gasteiger partial charge in [-0.3, -0.25) is 14.4 Å². The minimum Gasteiger partial charge on any atom is -0.507 e. The summed E-state index contributed by atoms with van der Waals surface area (Å²) in [7, 11) is 0. The van der Waals surface area contributed by atoms with Crippen LogP contribution in [-0.2, 0) is 9.53 Å². The zero-order valence-electron chi connectivity index (χ0n) is 15.9. The molecule has 1 aromatic rings. The summed E-state index contributed by atoms with van der Waals surface area (Å²) in [6, 6.07) is 2.31. The number of phenols is 2. The third kappa shape index (κ3) is 4.27. The highest BCUT2D eigenvalue weighted by molar-refractivity contribution is 6.27. The topological polar surface area (TPSA) is 101 Å². The fourth-order valence-corrected chi connectivity index (χ4v) is 2.73.